The van der Waals surface area contributed by atoms with Crippen LogP contribution < -0.4 is 4.90 Å². The van der Waals surface area contributed by atoms with Crippen molar-refractivity contribution in [1.82, 2.24) is 4.31 Å². The maximum Gasteiger partial charge on any atom is 0.252 e. The maximum absolute atomic E-state index is 13.7. The van der Waals surface area contributed by atoms with E-state index >= 15 is 0 Å². The molecule has 2 amide bonds. The standard InChI is InChI=1S/C26H24Cl2N2O4S/c1-17(2)18-7-11-21(12-8-18)30-25(31)15-24(26(30)32)29(16-19-5-3-4-6-23(19)28)35(33,34)22-13-9-20(27)10-14-22/h3-14,17,24H,15-16H2,1-2H3. The molecule has 0 saturated carbocycles. The minimum atomic E-state index is -4.18. The Bertz CT molecular complexity index is 1360. The van der Waals surface area contributed by atoms with Crippen molar-refractivity contribution in [3.63, 3.8) is 0 Å². The van der Waals surface area contributed by atoms with E-state index in [0.29, 0.717) is 21.3 Å². The lowest BCUT2D eigenvalue weighted by atomic mass is 10.0. The van der Waals surface area contributed by atoms with Crippen molar-refractivity contribution in [3.8, 4) is 0 Å². The predicted octanol–water partition coefficient (Wildman–Crippen LogP) is 5.64. The van der Waals surface area contributed by atoms with E-state index in [1.54, 1.807) is 36.4 Å². The van der Waals surface area contributed by atoms with Crippen molar-refractivity contribution in [1.29, 1.82) is 0 Å². The van der Waals surface area contributed by atoms with Crippen LogP contribution in [0.3, 0.4) is 0 Å². The summed E-state index contributed by atoms with van der Waals surface area (Å²) in [6.07, 6.45) is -0.276. The molecular formula is C26H24Cl2N2O4S. The molecule has 1 heterocycles. The molecule has 1 aliphatic heterocycles. The summed E-state index contributed by atoms with van der Waals surface area (Å²) in [5, 5.41) is 0.742. The summed E-state index contributed by atoms with van der Waals surface area (Å²) in [5.74, 6) is -0.776. The topological polar surface area (TPSA) is 74.8 Å². The molecule has 0 bridgehead atoms. The van der Waals surface area contributed by atoms with E-state index in [-0.39, 0.29) is 23.8 Å². The minimum Gasteiger partial charge on any atom is -0.274 e. The molecular weight excluding hydrogens is 507 g/mol. The Balaban J connectivity index is 1.74. The van der Waals surface area contributed by atoms with Crippen LogP contribution in [-0.4, -0.2) is 30.6 Å². The Hall–Kier alpha value is -2.71. The molecule has 0 aromatic heterocycles. The van der Waals surface area contributed by atoms with Crippen LogP contribution in [0.1, 0.15) is 37.3 Å². The van der Waals surface area contributed by atoms with Gasteiger partial charge in [-0.3, -0.25) is 9.59 Å². The first-order valence-corrected chi connectivity index (χ1v) is 13.3. The van der Waals surface area contributed by atoms with Gasteiger partial charge in [-0.1, -0.05) is 67.4 Å². The van der Waals surface area contributed by atoms with Crippen LogP contribution in [-0.2, 0) is 26.2 Å². The lowest BCUT2D eigenvalue weighted by molar-refractivity contribution is -0.122. The Morgan fingerprint density at radius 1 is 0.943 bits per heavy atom. The molecule has 0 aliphatic carbocycles. The second-order valence-corrected chi connectivity index (χ2v) is 11.4. The molecule has 0 spiro atoms. The van der Waals surface area contributed by atoms with Gasteiger partial charge in [0.1, 0.15) is 6.04 Å². The van der Waals surface area contributed by atoms with E-state index < -0.39 is 27.9 Å². The Kier molecular flexibility index (Phi) is 7.33. The van der Waals surface area contributed by atoms with Crippen molar-refractivity contribution in [2.24, 2.45) is 0 Å². The molecule has 0 N–H and O–H groups in total. The summed E-state index contributed by atoms with van der Waals surface area (Å²) in [7, 11) is -4.18. The fourth-order valence-corrected chi connectivity index (χ4v) is 5.90. The third kappa shape index (κ3) is 5.14. The van der Waals surface area contributed by atoms with Crippen molar-refractivity contribution < 1.29 is 18.0 Å². The number of benzene rings is 3. The molecule has 1 saturated heterocycles. The van der Waals surface area contributed by atoms with E-state index in [1.165, 1.54) is 24.3 Å². The lowest BCUT2D eigenvalue weighted by Gasteiger charge is -2.27. The number of imide groups is 1. The van der Waals surface area contributed by atoms with Gasteiger partial charge in [-0.25, -0.2) is 13.3 Å². The molecule has 1 atom stereocenters. The number of carbonyl (C=O) groups excluding carboxylic acids is 2. The van der Waals surface area contributed by atoms with Crippen molar-refractivity contribution >= 4 is 50.7 Å². The van der Waals surface area contributed by atoms with Crippen LogP contribution in [0, 0.1) is 0 Å². The van der Waals surface area contributed by atoms with Gasteiger partial charge in [-0.2, -0.15) is 4.31 Å². The third-order valence-corrected chi connectivity index (χ3v) is 8.48. The van der Waals surface area contributed by atoms with Gasteiger partial charge in [0, 0.05) is 16.6 Å². The number of halogens is 2. The smallest absolute Gasteiger partial charge is 0.252 e. The lowest BCUT2D eigenvalue weighted by Crippen LogP contribution is -2.45. The summed E-state index contributed by atoms with van der Waals surface area (Å²) >= 11 is 12.3. The zero-order chi connectivity index (χ0) is 25.3. The summed E-state index contributed by atoms with van der Waals surface area (Å²) in [4.78, 5) is 27.5. The quantitative estimate of drug-likeness (QED) is 0.370. The number of hydrogen-bond donors (Lipinski definition) is 0. The molecule has 4 rings (SSSR count). The fraction of sp³-hybridized carbons (Fsp3) is 0.231. The van der Waals surface area contributed by atoms with Gasteiger partial charge < -0.3 is 0 Å². The van der Waals surface area contributed by atoms with E-state index in [9.17, 15) is 18.0 Å². The van der Waals surface area contributed by atoms with Crippen LogP contribution in [0.15, 0.2) is 77.7 Å². The molecule has 1 fully saturated rings. The Morgan fingerprint density at radius 3 is 2.17 bits per heavy atom. The van der Waals surface area contributed by atoms with Gasteiger partial charge in [0.2, 0.25) is 15.9 Å². The highest BCUT2D eigenvalue weighted by Gasteiger charge is 2.47. The number of nitrogens with zero attached hydrogens (tertiary/aromatic N) is 2. The number of sulfonamides is 1. The molecule has 35 heavy (non-hydrogen) atoms. The summed E-state index contributed by atoms with van der Waals surface area (Å²) < 4.78 is 28.5. The number of amides is 2. The first kappa shape index (κ1) is 25.4. The summed E-state index contributed by atoms with van der Waals surface area (Å²) in [6.45, 7) is 3.92. The monoisotopic (exact) mass is 530 g/mol. The number of carbonyl (C=O) groups is 2. The van der Waals surface area contributed by atoms with Crippen LogP contribution in [0.25, 0.3) is 0 Å². The zero-order valence-corrected chi connectivity index (χ0v) is 21.5. The van der Waals surface area contributed by atoms with Gasteiger partial charge in [0.25, 0.3) is 5.91 Å². The van der Waals surface area contributed by atoms with Crippen molar-refractivity contribution in [2.75, 3.05) is 4.90 Å². The molecule has 1 unspecified atom stereocenters. The van der Waals surface area contributed by atoms with Crippen molar-refractivity contribution in [3.05, 3.63) is 94.0 Å². The van der Waals surface area contributed by atoms with E-state index in [1.807, 2.05) is 26.0 Å². The second kappa shape index (κ2) is 10.1. The first-order valence-electron chi connectivity index (χ1n) is 11.1. The minimum absolute atomic E-state index is 0.0334. The number of rotatable bonds is 7. The Labute approximate surface area is 215 Å². The van der Waals surface area contributed by atoms with Crippen LogP contribution in [0.4, 0.5) is 5.69 Å². The van der Waals surface area contributed by atoms with Gasteiger partial charge in [0.15, 0.2) is 0 Å². The highest BCUT2D eigenvalue weighted by Crippen LogP contribution is 2.32. The zero-order valence-electron chi connectivity index (χ0n) is 19.2. The van der Waals surface area contributed by atoms with Gasteiger partial charge in [0.05, 0.1) is 17.0 Å². The fourth-order valence-electron chi connectivity index (χ4n) is 4.02. The van der Waals surface area contributed by atoms with Crippen LogP contribution >= 0.6 is 23.2 Å². The molecule has 1 aliphatic rings. The Morgan fingerprint density at radius 2 is 1.57 bits per heavy atom. The normalized spacial score (nSPS) is 16.5. The van der Waals surface area contributed by atoms with E-state index in [4.69, 9.17) is 23.2 Å². The third-order valence-electron chi connectivity index (χ3n) is 5.99. The van der Waals surface area contributed by atoms with Gasteiger partial charge in [-0.05, 0) is 59.5 Å². The van der Waals surface area contributed by atoms with E-state index in [2.05, 4.69) is 0 Å². The highest BCUT2D eigenvalue weighted by molar-refractivity contribution is 7.89. The summed E-state index contributed by atoms with van der Waals surface area (Å²) in [6, 6.07) is 18.4. The van der Waals surface area contributed by atoms with Crippen molar-refractivity contribution in [2.45, 2.75) is 43.7 Å². The molecule has 6 nitrogen and oxygen atoms in total. The SMILES string of the molecule is CC(C)c1ccc(N2C(=O)CC(N(Cc3ccccc3Cl)S(=O)(=O)c3ccc(Cl)cc3)C2=O)cc1. The summed E-state index contributed by atoms with van der Waals surface area (Å²) in [5.41, 5.74) is 2.00. The predicted molar refractivity (Wildman–Crippen MR) is 137 cm³/mol. The largest absolute Gasteiger partial charge is 0.274 e. The molecule has 3 aromatic rings. The number of anilines is 1. The number of hydrogen-bond acceptors (Lipinski definition) is 4. The maximum atomic E-state index is 13.7. The van der Waals surface area contributed by atoms with E-state index in [0.717, 1.165) is 14.8 Å². The van der Waals surface area contributed by atoms with Crippen LogP contribution in [0.5, 0.6) is 0 Å². The molecule has 182 valence electrons. The van der Waals surface area contributed by atoms with Gasteiger partial charge in [-0.15, -0.1) is 0 Å². The highest BCUT2D eigenvalue weighted by atomic mass is 35.5. The average molecular weight is 531 g/mol. The second-order valence-electron chi connectivity index (χ2n) is 8.63. The molecule has 9 heteroatoms. The average Bonchev–Trinajstić information content (AvgIpc) is 3.12. The molecule has 3 aromatic carbocycles. The van der Waals surface area contributed by atoms with Gasteiger partial charge >= 0.3 is 0 Å². The first-order chi connectivity index (χ1) is 16.6. The molecule has 0 radical (unpaired) electrons. The van der Waals surface area contributed by atoms with Crippen LogP contribution in [0.2, 0.25) is 10.0 Å².